The molecule has 2 unspecified atom stereocenters. The Bertz CT molecular complexity index is 170. The lowest BCUT2D eigenvalue weighted by Crippen LogP contribution is -2.38. The van der Waals surface area contributed by atoms with E-state index in [1.165, 1.54) is 0 Å². The number of hydrogen-bond donors (Lipinski definition) is 0. The molecule has 0 spiro atoms. The molecule has 0 heterocycles. The first-order chi connectivity index (χ1) is 5.61. The molecule has 0 amide bonds. The molecule has 1 aliphatic carbocycles. The summed E-state index contributed by atoms with van der Waals surface area (Å²) >= 11 is 0. The molecule has 1 fully saturated rings. The van der Waals surface area contributed by atoms with Gasteiger partial charge in [0.1, 0.15) is 0 Å². The van der Waals surface area contributed by atoms with Crippen LogP contribution in [0.25, 0.3) is 0 Å². The summed E-state index contributed by atoms with van der Waals surface area (Å²) in [6.45, 7) is 0. The molecule has 0 N–H and O–H groups in total. The number of nitro groups is 1. The van der Waals surface area contributed by atoms with Gasteiger partial charge in [-0.05, 0) is 26.9 Å². The van der Waals surface area contributed by atoms with Crippen molar-refractivity contribution in [3.63, 3.8) is 0 Å². The van der Waals surface area contributed by atoms with Gasteiger partial charge in [-0.3, -0.25) is 10.1 Å². The van der Waals surface area contributed by atoms with Gasteiger partial charge in [-0.2, -0.15) is 0 Å². The van der Waals surface area contributed by atoms with Crippen LogP contribution in [-0.2, 0) is 0 Å². The van der Waals surface area contributed by atoms with Gasteiger partial charge in [0, 0.05) is 23.8 Å². The number of hydrogen-bond acceptors (Lipinski definition) is 3. The van der Waals surface area contributed by atoms with Crippen LogP contribution in [0.15, 0.2) is 0 Å². The van der Waals surface area contributed by atoms with E-state index in [1.807, 2.05) is 14.1 Å². The minimum Gasteiger partial charge on any atom is -0.306 e. The smallest absolute Gasteiger partial charge is 0.214 e. The second-order valence-electron chi connectivity index (χ2n) is 3.72. The monoisotopic (exact) mass is 172 g/mol. The molecule has 0 radical (unpaired) electrons. The molecule has 4 nitrogen and oxygen atoms in total. The molecule has 4 heteroatoms. The first-order valence-electron chi connectivity index (χ1n) is 4.41. The summed E-state index contributed by atoms with van der Waals surface area (Å²) in [6, 6.07) is 0.111. The van der Waals surface area contributed by atoms with Crippen LogP contribution in [0.4, 0.5) is 0 Å². The van der Waals surface area contributed by atoms with Crippen molar-refractivity contribution >= 4 is 0 Å². The van der Waals surface area contributed by atoms with Gasteiger partial charge in [0.15, 0.2) is 0 Å². The Balaban J connectivity index is 2.46. The third-order valence-corrected chi connectivity index (χ3v) is 2.65. The van der Waals surface area contributed by atoms with E-state index in [9.17, 15) is 10.1 Å². The fourth-order valence-electron chi connectivity index (χ4n) is 1.80. The Kier molecular flexibility index (Phi) is 3.03. The molecular weight excluding hydrogens is 156 g/mol. The number of rotatable bonds is 2. The van der Waals surface area contributed by atoms with Crippen molar-refractivity contribution in [1.82, 2.24) is 4.90 Å². The topological polar surface area (TPSA) is 46.4 Å². The molecule has 0 saturated heterocycles. The lowest BCUT2D eigenvalue weighted by Gasteiger charge is -2.29. The second kappa shape index (κ2) is 3.85. The number of nitrogens with zero attached hydrogens (tertiary/aromatic N) is 2. The van der Waals surface area contributed by atoms with Crippen molar-refractivity contribution in [3.8, 4) is 0 Å². The van der Waals surface area contributed by atoms with Gasteiger partial charge in [0.25, 0.3) is 0 Å². The van der Waals surface area contributed by atoms with E-state index in [-0.39, 0.29) is 11.0 Å². The Hall–Kier alpha value is -0.640. The van der Waals surface area contributed by atoms with E-state index in [0.717, 1.165) is 25.7 Å². The Morgan fingerprint density at radius 3 is 2.58 bits per heavy atom. The van der Waals surface area contributed by atoms with Crippen LogP contribution in [0.1, 0.15) is 25.7 Å². The Morgan fingerprint density at radius 1 is 1.42 bits per heavy atom. The first-order valence-corrected chi connectivity index (χ1v) is 4.41. The summed E-state index contributed by atoms with van der Waals surface area (Å²) in [6.07, 6.45) is 3.59. The summed E-state index contributed by atoms with van der Waals surface area (Å²) in [5.41, 5.74) is 0. The van der Waals surface area contributed by atoms with Crippen molar-refractivity contribution in [2.24, 2.45) is 0 Å². The molecule has 0 aromatic rings. The summed E-state index contributed by atoms with van der Waals surface area (Å²) in [7, 11) is 3.99. The zero-order valence-corrected chi connectivity index (χ0v) is 7.69. The van der Waals surface area contributed by atoms with Gasteiger partial charge in [-0.25, -0.2) is 0 Å². The van der Waals surface area contributed by atoms with Crippen LogP contribution in [0.5, 0.6) is 0 Å². The standard InChI is InChI=1S/C8H16N2O2/c1-9(2)7-4-3-5-8(6-7)10(11)12/h7-8H,3-6H2,1-2H3. The maximum atomic E-state index is 10.5. The summed E-state index contributed by atoms with van der Waals surface area (Å²) in [5.74, 6) is 0. The van der Waals surface area contributed by atoms with E-state index in [4.69, 9.17) is 0 Å². The fourth-order valence-corrected chi connectivity index (χ4v) is 1.80. The molecule has 1 aliphatic rings. The molecule has 0 aromatic heterocycles. The average molecular weight is 172 g/mol. The van der Waals surface area contributed by atoms with E-state index >= 15 is 0 Å². The summed E-state index contributed by atoms with van der Waals surface area (Å²) in [5, 5.41) is 10.5. The molecule has 1 rings (SSSR count). The molecule has 2 atom stereocenters. The van der Waals surface area contributed by atoms with Gasteiger partial charge in [0.05, 0.1) is 0 Å². The molecule has 0 bridgehead atoms. The van der Waals surface area contributed by atoms with Crippen LogP contribution in [-0.4, -0.2) is 36.0 Å². The molecular formula is C8H16N2O2. The quantitative estimate of drug-likeness (QED) is 0.463. The van der Waals surface area contributed by atoms with Gasteiger partial charge < -0.3 is 4.90 Å². The average Bonchev–Trinajstić information content (AvgIpc) is 2.04. The van der Waals surface area contributed by atoms with Crippen molar-refractivity contribution < 1.29 is 4.92 Å². The highest BCUT2D eigenvalue weighted by atomic mass is 16.6. The molecule has 12 heavy (non-hydrogen) atoms. The molecule has 1 saturated carbocycles. The van der Waals surface area contributed by atoms with Crippen molar-refractivity contribution in [1.29, 1.82) is 0 Å². The van der Waals surface area contributed by atoms with Crippen molar-refractivity contribution in [2.75, 3.05) is 14.1 Å². The minimum absolute atomic E-state index is 0.129. The van der Waals surface area contributed by atoms with Crippen molar-refractivity contribution in [2.45, 2.75) is 37.8 Å². The fraction of sp³-hybridized carbons (Fsp3) is 1.00. The van der Waals surface area contributed by atoms with E-state index in [1.54, 1.807) is 0 Å². The molecule has 0 aliphatic heterocycles. The highest BCUT2D eigenvalue weighted by Crippen LogP contribution is 2.23. The first kappa shape index (κ1) is 9.45. The zero-order chi connectivity index (χ0) is 9.14. The zero-order valence-electron chi connectivity index (χ0n) is 7.69. The maximum Gasteiger partial charge on any atom is 0.214 e. The molecule has 0 aromatic carbocycles. The van der Waals surface area contributed by atoms with Crippen molar-refractivity contribution in [3.05, 3.63) is 10.1 Å². The minimum atomic E-state index is -0.300. The van der Waals surface area contributed by atoms with Gasteiger partial charge in [0.2, 0.25) is 6.04 Å². The predicted octanol–water partition coefficient (Wildman–Crippen LogP) is 1.14. The normalized spacial score (nSPS) is 30.6. The lowest BCUT2D eigenvalue weighted by atomic mass is 9.91. The van der Waals surface area contributed by atoms with E-state index in [2.05, 4.69) is 4.90 Å². The third-order valence-electron chi connectivity index (χ3n) is 2.65. The van der Waals surface area contributed by atoms with Crippen LogP contribution in [0.3, 0.4) is 0 Å². The highest BCUT2D eigenvalue weighted by molar-refractivity contribution is 4.77. The largest absolute Gasteiger partial charge is 0.306 e. The predicted molar refractivity (Wildman–Crippen MR) is 46.7 cm³/mol. The van der Waals surface area contributed by atoms with Crippen LogP contribution in [0, 0.1) is 10.1 Å². The summed E-state index contributed by atoms with van der Waals surface area (Å²) < 4.78 is 0. The second-order valence-corrected chi connectivity index (χ2v) is 3.72. The highest BCUT2D eigenvalue weighted by Gasteiger charge is 2.30. The van der Waals surface area contributed by atoms with Crippen LogP contribution < -0.4 is 0 Å². The van der Waals surface area contributed by atoms with E-state index in [0.29, 0.717) is 6.04 Å². The van der Waals surface area contributed by atoms with Gasteiger partial charge >= 0.3 is 0 Å². The summed E-state index contributed by atoms with van der Waals surface area (Å²) in [4.78, 5) is 12.5. The Labute approximate surface area is 72.7 Å². The van der Waals surface area contributed by atoms with Gasteiger partial charge in [-0.15, -0.1) is 0 Å². The maximum absolute atomic E-state index is 10.5. The van der Waals surface area contributed by atoms with Gasteiger partial charge in [-0.1, -0.05) is 0 Å². The Morgan fingerprint density at radius 2 is 2.08 bits per heavy atom. The SMILES string of the molecule is CN(C)C1CCCC([N+](=O)[O-])C1. The third kappa shape index (κ3) is 2.17. The molecule has 70 valence electrons. The van der Waals surface area contributed by atoms with Crippen LogP contribution >= 0.6 is 0 Å². The van der Waals surface area contributed by atoms with Crippen LogP contribution in [0.2, 0.25) is 0 Å². The lowest BCUT2D eigenvalue weighted by molar-refractivity contribution is -0.527. The van der Waals surface area contributed by atoms with E-state index < -0.39 is 0 Å².